The molecule has 0 unspecified atom stereocenters. The van der Waals surface area contributed by atoms with E-state index in [2.05, 4.69) is 197 Å². The molecule has 4 aromatic heterocycles. The number of para-hydroxylation sites is 1. The normalized spacial score (nSPS) is 11.8. The first-order valence-corrected chi connectivity index (χ1v) is 18.8. The van der Waals surface area contributed by atoms with Crippen LogP contribution < -0.4 is 0 Å². The summed E-state index contributed by atoms with van der Waals surface area (Å²) in [4.78, 5) is 5.29. The van der Waals surface area contributed by atoms with Gasteiger partial charge in [-0.05, 0) is 71.8 Å². The van der Waals surface area contributed by atoms with Crippen LogP contribution in [-0.4, -0.2) is 14.1 Å². The zero-order valence-electron chi connectivity index (χ0n) is 28.6. The SMILES string of the molecule is c1ccc(-c2cc(-c3ccccc3)nc(-c3cccc(-n4c5cc6ccn(-c7ccccc7)c6cc5c5ccc6c7ccccc7sc6c54)c3)c2)cc1. The molecule has 0 aliphatic rings. The quantitative estimate of drug-likeness (QED) is 0.176. The molecular formula is C49H31N3S. The summed E-state index contributed by atoms with van der Waals surface area (Å²) < 4.78 is 7.39. The highest BCUT2D eigenvalue weighted by molar-refractivity contribution is 7.26. The third kappa shape index (κ3) is 4.84. The van der Waals surface area contributed by atoms with Crippen molar-refractivity contribution in [1.29, 1.82) is 0 Å². The van der Waals surface area contributed by atoms with Crippen LogP contribution in [0.5, 0.6) is 0 Å². The van der Waals surface area contributed by atoms with Crippen LogP contribution in [-0.2, 0) is 0 Å². The predicted octanol–water partition coefficient (Wildman–Crippen LogP) is 13.5. The minimum absolute atomic E-state index is 0.946. The molecule has 0 atom stereocenters. The Kier molecular flexibility index (Phi) is 6.73. The Bertz CT molecular complexity index is 3090. The largest absolute Gasteiger partial charge is 0.317 e. The van der Waals surface area contributed by atoms with Crippen LogP contribution in [0.25, 0.3) is 97.9 Å². The highest BCUT2D eigenvalue weighted by Gasteiger charge is 2.20. The molecule has 0 radical (unpaired) electrons. The van der Waals surface area contributed by atoms with Crippen molar-refractivity contribution in [3.8, 4) is 45.0 Å². The Morgan fingerprint density at radius 2 is 1.08 bits per heavy atom. The Labute approximate surface area is 310 Å². The summed E-state index contributed by atoms with van der Waals surface area (Å²) in [6, 6.07) is 65.5. The minimum Gasteiger partial charge on any atom is -0.317 e. The molecule has 11 rings (SSSR count). The smallest absolute Gasteiger partial charge is 0.0719 e. The van der Waals surface area contributed by atoms with Crippen LogP contribution in [0.2, 0.25) is 0 Å². The van der Waals surface area contributed by atoms with Crippen molar-refractivity contribution in [3.05, 3.63) is 188 Å². The second-order valence-corrected chi connectivity index (χ2v) is 14.7. The van der Waals surface area contributed by atoms with E-state index < -0.39 is 0 Å². The van der Waals surface area contributed by atoms with Crippen molar-refractivity contribution >= 4 is 64.2 Å². The molecule has 0 spiro atoms. The highest BCUT2D eigenvalue weighted by Crippen LogP contribution is 2.44. The second-order valence-electron chi connectivity index (χ2n) is 13.6. The van der Waals surface area contributed by atoms with E-state index in [1.165, 1.54) is 58.4 Å². The van der Waals surface area contributed by atoms with Gasteiger partial charge in [0, 0.05) is 60.3 Å². The molecule has 0 N–H and O–H groups in total. The lowest BCUT2D eigenvalue weighted by atomic mass is 10.00. The van der Waals surface area contributed by atoms with Crippen LogP contribution in [0, 0.1) is 0 Å². The maximum absolute atomic E-state index is 5.29. The number of fused-ring (bicyclic) bond motifs is 8. The topological polar surface area (TPSA) is 22.8 Å². The van der Waals surface area contributed by atoms with Crippen LogP contribution >= 0.6 is 11.3 Å². The van der Waals surface area contributed by atoms with Gasteiger partial charge in [0.15, 0.2) is 0 Å². The predicted molar refractivity (Wildman–Crippen MR) is 225 cm³/mol. The number of aromatic nitrogens is 3. The van der Waals surface area contributed by atoms with E-state index in [-0.39, 0.29) is 0 Å². The lowest BCUT2D eigenvalue weighted by Gasteiger charge is -2.13. The molecule has 4 heteroatoms. The van der Waals surface area contributed by atoms with Gasteiger partial charge in [-0.15, -0.1) is 11.3 Å². The van der Waals surface area contributed by atoms with Crippen molar-refractivity contribution in [3.63, 3.8) is 0 Å². The van der Waals surface area contributed by atoms with Crippen LogP contribution in [0.3, 0.4) is 0 Å². The second kappa shape index (κ2) is 11.9. The van der Waals surface area contributed by atoms with E-state index in [0.717, 1.165) is 39.5 Å². The number of nitrogens with zero attached hydrogens (tertiary/aromatic N) is 3. The number of hydrogen-bond donors (Lipinski definition) is 0. The summed E-state index contributed by atoms with van der Waals surface area (Å²) in [7, 11) is 0. The molecule has 11 aromatic rings. The summed E-state index contributed by atoms with van der Waals surface area (Å²) in [6.07, 6.45) is 2.19. The van der Waals surface area contributed by atoms with Crippen molar-refractivity contribution in [1.82, 2.24) is 14.1 Å². The standard InChI is InChI=1S/C49H31N3S/c1-4-13-32(14-5-1)36-28-43(33-15-6-2-7-16-33)50-44(29-36)34-17-12-20-38(27-34)52-46-30-35-25-26-51(37-18-8-3-9-19-37)45(35)31-42(46)40-23-24-41-39-21-10-11-22-47(39)53-49(41)48(40)52/h1-31H. The number of hydrogen-bond acceptors (Lipinski definition) is 2. The van der Waals surface area contributed by atoms with E-state index in [0.29, 0.717) is 0 Å². The zero-order valence-corrected chi connectivity index (χ0v) is 29.5. The Balaban J connectivity index is 1.18. The van der Waals surface area contributed by atoms with Gasteiger partial charge in [-0.3, -0.25) is 0 Å². The molecule has 0 saturated carbocycles. The maximum atomic E-state index is 5.29. The fourth-order valence-corrected chi connectivity index (χ4v) is 9.26. The van der Waals surface area contributed by atoms with E-state index in [4.69, 9.17) is 4.98 Å². The van der Waals surface area contributed by atoms with Crippen molar-refractivity contribution in [2.24, 2.45) is 0 Å². The first kappa shape index (κ1) is 29.9. The summed E-state index contributed by atoms with van der Waals surface area (Å²) in [5.41, 5.74) is 12.3. The number of thiophene rings is 1. The van der Waals surface area contributed by atoms with E-state index in [1.54, 1.807) is 0 Å². The third-order valence-corrected chi connectivity index (χ3v) is 11.7. The summed E-state index contributed by atoms with van der Waals surface area (Å²) in [5, 5.41) is 6.29. The average Bonchev–Trinajstić information content (AvgIpc) is 3.92. The molecule has 0 aliphatic carbocycles. The van der Waals surface area contributed by atoms with Crippen LogP contribution in [0.15, 0.2) is 188 Å². The zero-order chi connectivity index (χ0) is 34.9. The lowest BCUT2D eigenvalue weighted by molar-refractivity contribution is 1.13. The van der Waals surface area contributed by atoms with Gasteiger partial charge >= 0.3 is 0 Å². The van der Waals surface area contributed by atoms with Gasteiger partial charge in [0.25, 0.3) is 0 Å². The van der Waals surface area contributed by atoms with E-state index >= 15 is 0 Å². The Morgan fingerprint density at radius 3 is 1.89 bits per heavy atom. The van der Waals surface area contributed by atoms with Crippen molar-refractivity contribution < 1.29 is 0 Å². The molecule has 53 heavy (non-hydrogen) atoms. The summed E-state index contributed by atoms with van der Waals surface area (Å²) in [6.45, 7) is 0. The Morgan fingerprint density at radius 1 is 0.415 bits per heavy atom. The number of benzene rings is 7. The van der Waals surface area contributed by atoms with E-state index in [9.17, 15) is 0 Å². The first-order valence-electron chi connectivity index (χ1n) is 18.0. The minimum atomic E-state index is 0.946. The summed E-state index contributed by atoms with van der Waals surface area (Å²) >= 11 is 1.88. The van der Waals surface area contributed by atoms with Crippen molar-refractivity contribution in [2.75, 3.05) is 0 Å². The summed E-state index contributed by atoms with van der Waals surface area (Å²) in [5.74, 6) is 0. The Hall–Kier alpha value is -6.75. The van der Waals surface area contributed by atoms with Gasteiger partial charge in [0.05, 0.1) is 32.6 Å². The fraction of sp³-hybridized carbons (Fsp3) is 0. The lowest BCUT2D eigenvalue weighted by Crippen LogP contribution is -1.96. The molecule has 0 saturated heterocycles. The molecule has 0 bridgehead atoms. The molecule has 0 aliphatic heterocycles. The molecule has 7 aromatic carbocycles. The fourth-order valence-electron chi connectivity index (χ4n) is 8.02. The highest BCUT2D eigenvalue weighted by atomic mass is 32.1. The molecule has 3 nitrogen and oxygen atoms in total. The average molecular weight is 694 g/mol. The molecule has 248 valence electrons. The van der Waals surface area contributed by atoms with Gasteiger partial charge in [-0.1, -0.05) is 121 Å². The van der Waals surface area contributed by atoms with E-state index in [1.807, 2.05) is 11.3 Å². The van der Waals surface area contributed by atoms with Crippen molar-refractivity contribution in [2.45, 2.75) is 0 Å². The van der Waals surface area contributed by atoms with Gasteiger partial charge in [-0.2, -0.15) is 0 Å². The maximum Gasteiger partial charge on any atom is 0.0719 e. The van der Waals surface area contributed by atoms with Gasteiger partial charge in [0.1, 0.15) is 0 Å². The first-order chi connectivity index (χ1) is 26.3. The molecule has 0 amide bonds. The molecular weight excluding hydrogens is 663 g/mol. The van der Waals surface area contributed by atoms with Gasteiger partial charge in [-0.25, -0.2) is 4.98 Å². The monoisotopic (exact) mass is 693 g/mol. The van der Waals surface area contributed by atoms with Crippen LogP contribution in [0.4, 0.5) is 0 Å². The molecule has 4 heterocycles. The van der Waals surface area contributed by atoms with Crippen LogP contribution in [0.1, 0.15) is 0 Å². The van der Waals surface area contributed by atoms with Gasteiger partial charge in [0.2, 0.25) is 0 Å². The third-order valence-electron chi connectivity index (χ3n) is 10.5. The van der Waals surface area contributed by atoms with Gasteiger partial charge < -0.3 is 9.13 Å². The number of rotatable bonds is 5. The number of pyridine rings is 1. The molecule has 0 fully saturated rings.